The minimum Gasteiger partial charge on any atom is -0.481 e. The zero-order valence-corrected chi connectivity index (χ0v) is 22.9. The summed E-state index contributed by atoms with van der Waals surface area (Å²) in [6.07, 6.45) is 1.10. The first-order valence-corrected chi connectivity index (χ1v) is 12.8. The Bertz CT molecular complexity index is 1430. The molecule has 0 bridgehead atoms. The summed E-state index contributed by atoms with van der Waals surface area (Å²) in [6, 6.07) is 4.24. The van der Waals surface area contributed by atoms with E-state index < -0.39 is 42.3 Å². The number of nitrogen functional groups attached to an aromatic ring is 2. The highest BCUT2D eigenvalue weighted by Crippen LogP contribution is 2.19. The maximum atomic E-state index is 13.0. The van der Waals surface area contributed by atoms with Crippen LogP contribution >= 0.6 is 0 Å². The highest BCUT2D eigenvalue weighted by Gasteiger charge is 2.28. The number of hydrogen-bond acceptors (Lipinski definition) is 11. The molecule has 2 atom stereocenters. The fraction of sp³-hybridized carbons (Fsp3) is 0.385. The van der Waals surface area contributed by atoms with Crippen molar-refractivity contribution in [2.24, 2.45) is 5.92 Å². The van der Waals surface area contributed by atoms with Crippen molar-refractivity contribution in [2.75, 3.05) is 23.4 Å². The molecule has 0 aliphatic carbocycles. The predicted molar refractivity (Wildman–Crippen MR) is 150 cm³/mol. The van der Waals surface area contributed by atoms with Gasteiger partial charge in [0.2, 0.25) is 11.9 Å². The van der Waals surface area contributed by atoms with Crippen molar-refractivity contribution in [2.45, 2.75) is 51.7 Å². The lowest BCUT2D eigenvalue weighted by Gasteiger charge is -2.23. The minimum atomic E-state index is -1.39. The number of aliphatic carboxylic acids is 2. The minimum absolute atomic E-state index is 0.00171. The van der Waals surface area contributed by atoms with Gasteiger partial charge in [0, 0.05) is 24.7 Å². The Hall–Kier alpha value is -5.08. The summed E-state index contributed by atoms with van der Waals surface area (Å²) in [5.74, 6) is -3.62. The number of carbonyl (C=O) groups is 4. The Morgan fingerprint density at radius 2 is 1.66 bits per heavy atom. The fourth-order valence-electron chi connectivity index (χ4n) is 4.00. The second kappa shape index (κ2) is 13.3. The predicted octanol–water partition coefficient (Wildman–Crippen LogP) is 0.799. The molecule has 0 aliphatic rings. The van der Waals surface area contributed by atoms with Crippen molar-refractivity contribution in [3.05, 3.63) is 41.7 Å². The van der Waals surface area contributed by atoms with E-state index >= 15 is 0 Å². The van der Waals surface area contributed by atoms with E-state index in [2.05, 4.69) is 30.6 Å². The van der Waals surface area contributed by atoms with Crippen LogP contribution in [0.1, 0.15) is 49.2 Å². The van der Waals surface area contributed by atoms with Crippen LogP contribution in [0.2, 0.25) is 0 Å². The molecule has 0 radical (unpaired) electrons. The summed E-state index contributed by atoms with van der Waals surface area (Å²) in [5, 5.41) is 23.2. The molecule has 1 aromatic carbocycles. The van der Waals surface area contributed by atoms with Gasteiger partial charge in [-0.3, -0.25) is 14.4 Å². The second-order valence-electron chi connectivity index (χ2n) is 9.89. The van der Waals surface area contributed by atoms with Crippen LogP contribution in [0.25, 0.3) is 11.2 Å². The highest BCUT2D eigenvalue weighted by atomic mass is 16.4. The van der Waals surface area contributed by atoms with E-state index in [1.807, 2.05) is 25.8 Å². The van der Waals surface area contributed by atoms with Gasteiger partial charge in [-0.15, -0.1) is 0 Å². The van der Waals surface area contributed by atoms with Crippen LogP contribution in [0.15, 0.2) is 30.5 Å². The Balaban J connectivity index is 1.67. The molecule has 2 amide bonds. The number of fused-ring (bicyclic) bond motifs is 1. The number of nitrogens with zero attached hydrogens (tertiary/aromatic N) is 5. The number of rotatable bonds is 13. The number of aromatic nitrogens is 4. The number of carbonyl (C=O) groups excluding carboxylic acids is 2. The molecular formula is C26H33N9O6. The van der Waals surface area contributed by atoms with Crippen LogP contribution in [-0.2, 0) is 20.9 Å². The van der Waals surface area contributed by atoms with Crippen LogP contribution in [0, 0.1) is 5.92 Å². The summed E-state index contributed by atoms with van der Waals surface area (Å²) in [4.78, 5) is 66.7. The molecule has 8 N–H and O–H groups in total. The van der Waals surface area contributed by atoms with E-state index in [-0.39, 0.29) is 36.1 Å². The molecule has 0 saturated heterocycles. The van der Waals surface area contributed by atoms with E-state index in [1.165, 1.54) is 0 Å². The average molecular weight is 568 g/mol. The van der Waals surface area contributed by atoms with Crippen LogP contribution in [-0.4, -0.2) is 73.0 Å². The molecule has 15 heteroatoms. The molecular weight excluding hydrogens is 534 g/mol. The Labute approximate surface area is 235 Å². The number of nitrogens with one attached hydrogen (secondary N) is 2. The first kappa shape index (κ1) is 30.5. The van der Waals surface area contributed by atoms with Gasteiger partial charge >= 0.3 is 11.9 Å². The molecule has 0 aliphatic heterocycles. The van der Waals surface area contributed by atoms with Gasteiger partial charge in [-0.1, -0.05) is 13.8 Å². The molecule has 2 heterocycles. The van der Waals surface area contributed by atoms with E-state index in [4.69, 9.17) is 16.6 Å². The lowest BCUT2D eigenvalue weighted by atomic mass is 10.0. The van der Waals surface area contributed by atoms with Crippen molar-refractivity contribution in [3.63, 3.8) is 0 Å². The molecule has 0 unspecified atom stereocenters. The summed E-state index contributed by atoms with van der Waals surface area (Å²) in [5.41, 5.74) is 13.8. The maximum absolute atomic E-state index is 13.0. The van der Waals surface area contributed by atoms with Crippen LogP contribution in [0.3, 0.4) is 0 Å². The van der Waals surface area contributed by atoms with E-state index in [0.29, 0.717) is 23.4 Å². The van der Waals surface area contributed by atoms with Gasteiger partial charge in [-0.2, -0.15) is 9.97 Å². The van der Waals surface area contributed by atoms with E-state index in [0.717, 1.165) is 5.69 Å². The van der Waals surface area contributed by atoms with Crippen molar-refractivity contribution in [3.8, 4) is 0 Å². The monoisotopic (exact) mass is 567 g/mol. The molecule has 2 aromatic heterocycles. The van der Waals surface area contributed by atoms with E-state index in [9.17, 15) is 24.3 Å². The lowest BCUT2D eigenvalue weighted by Crippen LogP contribution is -2.52. The molecule has 15 nitrogen and oxygen atoms in total. The quantitative estimate of drug-likeness (QED) is 0.168. The number of nitrogens with two attached hydrogens (primary N) is 2. The van der Waals surface area contributed by atoms with Crippen molar-refractivity contribution < 1.29 is 29.4 Å². The van der Waals surface area contributed by atoms with Gasteiger partial charge in [0.05, 0.1) is 18.4 Å². The van der Waals surface area contributed by atoms with Gasteiger partial charge < -0.3 is 37.2 Å². The first-order chi connectivity index (χ1) is 19.3. The van der Waals surface area contributed by atoms with Gasteiger partial charge in [0.25, 0.3) is 5.91 Å². The molecule has 3 rings (SSSR count). The van der Waals surface area contributed by atoms with Gasteiger partial charge in [-0.05, 0) is 43.0 Å². The number of amides is 2. The van der Waals surface area contributed by atoms with Gasteiger partial charge in [-0.25, -0.2) is 14.8 Å². The summed E-state index contributed by atoms with van der Waals surface area (Å²) < 4.78 is 0. The number of hydrogen-bond donors (Lipinski definition) is 6. The van der Waals surface area contributed by atoms with Crippen molar-refractivity contribution in [1.29, 1.82) is 0 Å². The molecule has 41 heavy (non-hydrogen) atoms. The number of benzene rings is 1. The molecule has 218 valence electrons. The zero-order chi connectivity index (χ0) is 30.3. The third-order valence-electron chi connectivity index (χ3n) is 6.06. The Morgan fingerprint density at radius 1 is 0.976 bits per heavy atom. The first-order valence-electron chi connectivity index (χ1n) is 12.8. The Kier molecular flexibility index (Phi) is 9.90. The van der Waals surface area contributed by atoms with Crippen molar-refractivity contribution >= 4 is 52.4 Å². The smallest absolute Gasteiger partial charge is 0.326 e. The number of carboxylic acids is 2. The zero-order valence-electron chi connectivity index (χ0n) is 22.9. The third kappa shape index (κ3) is 8.45. The summed E-state index contributed by atoms with van der Waals surface area (Å²) in [7, 11) is 1.83. The van der Waals surface area contributed by atoms with Crippen LogP contribution in [0.4, 0.5) is 17.5 Å². The third-order valence-corrected chi connectivity index (χ3v) is 6.06. The second-order valence-corrected chi connectivity index (χ2v) is 9.89. The molecule has 0 fully saturated rings. The average Bonchev–Trinajstić information content (AvgIpc) is 2.90. The molecule has 0 saturated carbocycles. The topological polar surface area (TPSA) is 240 Å². The standard InChI is InChI=1S/C26H33N9O6/c1-13(2)10-18(24(39)31-17(25(40)41)8-9-19(36)37)32-23(38)14-4-6-16(7-5-14)35(3)12-15-11-29-22-20(30-15)21(27)33-26(28)34-22/h4-7,11,13,17-18H,8-10,12H2,1-3H3,(H,31,39)(H,32,38)(H,36,37)(H,40,41)(H4,27,28,29,33,34)/t17-,18-/m0/s1. The van der Waals surface area contributed by atoms with Gasteiger partial charge in [0.15, 0.2) is 17.0 Å². The summed E-state index contributed by atoms with van der Waals surface area (Å²) in [6.45, 7) is 4.07. The van der Waals surface area contributed by atoms with Crippen LogP contribution in [0.5, 0.6) is 0 Å². The fourth-order valence-corrected chi connectivity index (χ4v) is 4.00. The van der Waals surface area contributed by atoms with E-state index in [1.54, 1.807) is 30.5 Å². The van der Waals surface area contributed by atoms with Crippen molar-refractivity contribution in [1.82, 2.24) is 30.6 Å². The Morgan fingerprint density at radius 3 is 2.27 bits per heavy atom. The van der Waals surface area contributed by atoms with Gasteiger partial charge in [0.1, 0.15) is 12.1 Å². The number of anilines is 3. The normalized spacial score (nSPS) is 12.5. The largest absolute Gasteiger partial charge is 0.481 e. The summed E-state index contributed by atoms with van der Waals surface area (Å²) >= 11 is 0. The SMILES string of the molecule is CC(C)C[C@H](NC(=O)c1ccc(N(C)Cc2cnc3nc(N)nc(N)c3n2)cc1)C(=O)N[C@@H](CCC(=O)O)C(=O)O. The maximum Gasteiger partial charge on any atom is 0.326 e. The molecule has 3 aromatic rings. The lowest BCUT2D eigenvalue weighted by molar-refractivity contribution is -0.143. The van der Waals surface area contributed by atoms with Crippen LogP contribution < -0.4 is 27.0 Å². The highest BCUT2D eigenvalue weighted by molar-refractivity contribution is 5.98. The number of carboxylic acid groups (broad SMARTS) is 2. The molecule has 0 spiro atoms.